The standard InChI is InChI=1S/C14H26O6S/c1-13(2,3)19-17-11(15)7-9-21-10-8-12(16)18-20-14(4,5)6/h7-10H2,1-6H3. The Kier molecular flexibility index (Phi) is 8.92. The second kappa shape index (κ2) is 9.27. The maximum Gasteiger partial charge on any atom is 0.343 e. The minimum absolute atomic E-state index is 0.230. The van der Waals surface area contributed by atoms with Crippen LogP contribution in [0.15, 0.2) is 0 Å². The summed E-state index contributed by atoms with van der Waals surface area (Å²) in [6, 6.07) is 0. The van der Waals surface area contributed by atoms with Crippen LogP contribution in [0.3, 0.4) is 0 Å². The van der Waals surface area contributed by atoms with Crippen LogP contribution in [0.25, 0.3) is 0 Å². The molecule has 0 aliphatic carbocycles. The molecule has 0 bridgehead atoms. The van der Waals surface area contributed by atoms with Gasteiger partial charge in [0.2, 0.25) is 0 Å². The van der Waals surface area contributed by atoms with Gasteiger partial charge in [0.15, 0.2) is 0 Å². The SMILES string of the molecule is CC(C)(C)OOC(=O)CCSCCC(=O)OOC(C)(C)C. The lowest BCUT2D eigenvalue weighted by Gasteiger charge is -2.16. The molecule has 0 aliphatic rings. The van der Waals surface area contributed by atoms with Crippen LogP contribution < -0.4 is 0 Å². The minimum Gasteiger partial charge on any atom is -0.298 e. The van der Waals surface area contributed by atoms with E-state index in [-0.39, 0.29) is 12.8 Å². The van der Waals surface area contributed by atoms with E-state index < -0.39 is 23.1 Å². The number of carbonyl (C=O) groups is 2. The van der Waals surface area contributed by atoms with Crippen molar-refractivity contribution in [2.24, 2.45) is 0 Å². The van der Waals surface area contributed by atoms with E-state index in [1.54, 1.807) is 41.5 Å². The van der Waals surface area contributed by atoms with E-state index in [1.807, 2.05) is 0 Å². The molecule has 0 N–H and O–H groups in total. The van der Waals surface area contributed by atoms with Gasteiger partial charge in [-0.05, 0) is 41.5 Å². The van der Waals surface area contributed by atoms with Gasteiger partial charge < -0.3 is 0 Å². The van der Waals surface area contributed by atoms with Crippen LogP contribution in [0, 0.1) is 0 Å². The molecule has 0 saturated carbocycles. The highest BCUT2D eigenvalue weighted by Gasteiger charge is 2.16. The molecule has 0 amide bonds. The van der Waals surface area contributed by atoms with E-state index in [4.69, 9.17) is 9.78 Å². The maximum absolute atomic E-state index is 11.3. The third-order valence-electron chi connectivity index (χ3n) is 1.67. The number of hydrogen-bond donors (Lipinski definition) is 0. The molecule has 0 radical (unpaired) electrons. The van der Waals surface area contributed by atoms with Gasteiger partial charge in [0, 0.05) is 11.5 Å². The summed E-state index contributed by atoms with van der Waals surface area (Å²) in [5.41, 5.74) is -1.03. The average molecular weight is 322 g/mol. The number of thioether (sulfide) groups is 1. The molecule has 0 atom stereocenters. The highest BCUT2D eigenvalue weighted by Crippen LogP contribution is 2.11. The molecular weight excluding hydrogens is 296 g/mol. The molecule has 0 aromatic rings. The van der Waals surface area contributed by atoms with Crippen LogP contribution in [0.1, 0.15) is 54.4 Å². The lowest BCUT2D eigenvalue weighted by atomic mass is 10.2. The van der Waals surface area contributed by atoms with E-state index in [0.29, 0.717) is 11.5 Å². The Bertz CT molecular complexity index is 297. The van der Waals surface area contributed by atoms with Crippen molar-refractivity contribution in [2.75, 3.05) is 11.5 Å². The molecular formula is C14H26O6S. The van der Waals surface area contributed by atoms with Crippen molar-refractivity contribution in [3.8, 4) is 0 Å². The molecule has 0 saturated heterocycles. The van der Waals surface area contributed by atoms with E-state index >= 15 is 0 Å². The highest BCUT2D eigenvalue weighted by molar-refractivity contribution is 7.99. The topological polar surface area (TPSA) is 71.1 Å². The fourth-order valence-electron chi connectivity index (χ4n) is 0.839. The van der Waals surface area contributed by atoms with Gasteiger partial charge in [-0.3, -0.25) is 9.78 Å². The van der Waals surface area contributed by atoms with Gasteiger partial charge >= 0.3 is 11.9 Å². The monoisotopic (exact) mass is 322 g/mol. The first-order chi connectivity index (χ1) is 9.49. The van der Waals surface area contributed by atoms with Gasteiger partial charge in [-0.25, -0.2) is 9.59 Å². The largest absolute Gasteiger partial charge is 0.343 e. The van der Waals surface area contributed by atoms with Crippen LogP contribution in [0.4, 0.5) is 0 Å². The quantitative estimate of drug-likeness (QED) is 0.386. The molecule has 0 aliphatic heterocycles. The summed E-state index contributed by atoms with van der Waals surface area (Å²) < 4.78 is 0. The molecule has 0 rings (SSSR count). The molecule has 0 fully saturated rings. The summed E-state index contributed by atoms with van der Waals surface area (Å²) in [5, 5.41) is 0. The number of carbonyl (C=O) groups excluding carboxylic acids is 2. The Morgan fingerprint density at radius 3 is 1.38 bits per heavy atom. The number of rotatable bonds is 8. The second-order valence-electron chi connectivity index (χ2n) is 6.41. The van der Waals surface area contributed by atoms with Crippen molar-refractivity contribution in [3.05, 3.63) is 0 Å². The van der Waals surface area contributed by atoms with Crippen LogP contribution in [0.2, 0.25) is 0 Å². The summed E-state index contributed by atoms with van der Waals surface area (Å²) >= 11 is 1.46. The van der Waals surface area contributed by atoms with E-state index in [9.17, 15) is 9.59 Å². The van der Waals surface area contributed by atoms with Crippen molar-refractivity contribution in [1.29, 1.82) is 0 Å². The highest BCUT2D eigenvalue weighted by atomic mass is 32.2. The number of hydrogen-bond acceptors (Lipinski definition) is 7. The first-order valence-electron chi connectivity index (χ1n) is 6.84. The van der Waals surface area contributed by atoms with Gasteiger partial charge in [0.25, 0.3) is 0 Å². The minimum atomic E-state index is -0.514. The predicted octanol–water partition coefficient (Wildman–Crippen LogP) is 3.05. The zero-order valence-corrected chi connectivity index (χ0v) is 14.5. The van der Waals surface area contributed by atoms with Crippen molar-refractivity contribution < 1.29 is 29.1 Å². The molecule has 21 heavy (non-hydrogen) atoms. The zero-order chi connectivity index (χ0) is 16.5. The van der Waals surface area contributed by atoms with E-state index in [1.165, 1.54) is 11.8 Å². The lowest BCUT2D eigenvalue weighted by molar-refractivity contribution is -0.320. The Morgan fingerprint density at radius 1 is 0.762 bits per heavy atom. The van der Waals surface area contributed by atoms with Crippen molar-refractivity contribution >= 4 is 23.7 Å². The first kappa shape index (κ1) is 20.2. The molecule has 0 aromatic carbocycles. The Balaban J connectivity index is 3.55. The van der Waals surface area contributed by atoms with E-state index in [2.05, 4.69) is 9.78 Å². The molecule has 0 heterocycles. The molecule has 124 valence electrons. The molecule has 7 heteroatoms. The first-order valence-corrected chi connectivity index (χ1v) is 8.00. The van der Waals surface area contributed by atoms with Crippen LogP contribution in [0.5, 0.6) is 0 Å². The van der Waals surface area contributed by atoms with Crippen LogP contribution in [-0.2, 0) is 29.1 Å². The molecule has 6 nitrogen and oxygen atoms in total. The summed E-state index contributed by atoms with van der Waals surface area (Å²) in [4.78, 5) is 41.7. The van der Waals surface area contributed by atoms with Crippen LogP contribution in [-0.4, -0.2) is 34.6 Å². The normalized spacial score (nSPS) is 12.1. The predicted molar refractivity (Wildman–Crippen MR) is 80.4 cm³/mol. The molecule has 0 spiro atoms. The lowest BCUT2D eigenvalue weighted by Crippen LogP contribution is -2.22. The Hall–Kier alpha value is -0.790. The third kappa shape index (κ3) is 15.4. The van der Waals surface area contributed by atoms with Crippen molar-refractivity contribution in [2.45, 2.75) is 65.6 Å². The fourth-order valence-corrected chi connectivity index (χ4v) is 1.67. The van der Waals surface area contributed by atoms with Gasteiger partial charge in [0.05, 0.1) is 12.8 Å². The van der Waals surface area contributed by atoms with Crippen molar-refractivity contribution in [1.82, 2.24) is 0 Å². The van der Waals surface area contributed by atoms with Gasteiger partial charge in [-0.1, -0.05) is 0 Å². The summed E-state index contributed by atoms with van der Waals surface area (Å²) in [6.07, 6.45) is 0.461. The van der Waals surface area contributed by atoms with Crippen molar-refractivity contribution in [3.63, 3.8) is 0 Å². The second-order valence-corrected chi connectivity index (χ2v) is 7.64. The molecule has 0 unspecified atom stereocenters. The Labute approximate surface area is 130 Å². The summed E-state index contributed by atoms with van der Waals surface area (Å²) in [5.74, 6) is 0.270. The van der Waals surface area contributed by atoms with Crippen LogP contribution >= 0.6 is 11.8 Å². The van der Waals surface area contributed by atoms with Gasteiger partial charge in [-0.2, -0.15) is 21.5 Å². The summed E-state index contributed by atoms with van der Waals surface area (Å²) in [7, 11) is 0. The Morgan fingerprint density at radius 2 is 1.10 bits per heavy atom. The summed E-state index contributed by atoms with van der Waals surface area (Å²) in [6.45, 7) is 10.8. The maximum atomic E-state index is 11.3. The van der Waals surface area contributed by atoms with Gasteiger partial charge in [-0.15, -0.1) is 0 Å². The smallest absolute Gasteiger partial charge is 0.298 e. The zero-order valence-electron chi connectivity index (χ0n) is 13.7. The average Bonchev–Trinajstić information content (AvgIpc) is 2.32. The van der Waals surface area contributed by atoms with Gasteiger partial charge in [0.1, 0.15) is 11.2 Å². The fraction of sp³-hybridized carbons (Fsp3) is 0.857. The third-order valence-corrected chi connectivity index (χ3v) is 2.66. The molecule has 0 aromatic heterocycles. The van der Waals surface area contributed by atoms with E-state index in [0.717, 1.165) is 0 Å².